The minimum Gasteiger partial charge on any atom is -0.481 e. The topological polar surface area (TPSA) is 40.5 Å². The van der Waals surface area contributed by atoms with E-state index in [0.29, 0.717) is 0 Å². The van der Waals surface area contributed by atoms with E-state index in [0.717, 1.165) is 5.56 Å². The van der Waals surface area contributed by atoms with Crippen LogP contribution in [0, 0.1) is 17.7 Å². The van der Waals surface area contributed by atoms with Gasteiger partial charge in [-0.25, -0.2) is 4.39 Å². The lowest BCUT2D eigenvalue weighted by Crippen LogP contribution is -2.35. The minimum absolute atomic E-state index is 0.0000435. The summed E-state index contributed by atoms with van der Waals surface area (Å²) >= 11 is 0. The van der Waals surface area contributed by atoms with Gasteiger partial charge in [-0.3, -0.25) is 4.79 Å². The number of carbonyl (C=O) groups is 1. The summed E-state index contributed by atoms with van der Waals surface area (Å²) in [5.41, 5.74) is 0.822. The highest BCUT2D eigenvalue weighted by Crippen LogP contribution is 2.32. The van der Waals surface area contributed by atoms with Crippen molar-refractivity contribution in [2.24, 2.45) is 11.8 Å². The molecule has 1 rings (SSSR count). The van der Waals surface area contributed by atoms with Gasteiger partial charge in [-0.2, -0.15) is 0 Å². The van der Waals surface area contributed by atoms with Crippen LogP contribution in [0.2, 0.25) is 0 Å². The maximum Gasteiger partial charge on any atom is 0.308 e. The third kappa shape index (κ3) is 3.29. The van der Waals surface area contributed by atoms with Crippen molar-refractivity contribution in [3.05, 3.63) is 35.6 Å². The summed E-state index contributed by atoms with van der Waals surface area (Å²) in [5.74, 6) is -1.66. The van der Waals surface area contributed by atoms with Gasteiger partial charge in [-0.15, -0.1) is 0 Å². The Morgan fingerprint density at radius 1 is 1.22 bits per heavy atom. The van der Waals surface area contributed by atoms with Crippen LogP contribution < -0.4 is 0 Å². The first kappa shape index (κ1) is 14.6. The Morgan fingerprint density at radius 2 is 1.72 bits per heavy atom. The molecule has 1 aromatic rings. The highest BCUT2D eigenvalue weighted by atomic mass is 19.1. The third-order valence-electron chi connectivity index (χ3n) is 3.11. The van der Waals surface area contributed by atoms with Gasteiger partial charge in [0.2, 0.25) is 0 Å². The monoisotopic (exact) mass is 253 g/mol. The number of aliphatic carboxylic acids is 1. The van der Waals surface area contributed by atoms with Crippen LogP contribution >= 0.6 is 0 Å². The molecule has 2 atom stereocenters. The van der Waals surface area contributed by atoms with Gasteiger partial charge >= 0.3 is 5.97 Å². The van der Waals surface area contributed by atoms with Gasteiger partial charge < -0.3 is 10.0 Å². The largest absolute Gasteiger partial charge is 0.481 e. The fourth-order valence-electron chi connectivity index (χ4n) is 2.27. The molecule has 0 spiro atoms. The first-order chi connectivity index (χ1) is 8.34. The molecule has 0 fully saturated rings. The molecular weight excluding hydrogens is 233 g/mol. The van der Waals surface area contributed by atoms with Gasteiger partial charge in [0.1, 0.15) is 5.82 Å². The molecule has 0 heterocycles. The van der Waals surface area contributed by atoms with Crippen LogP contribution in [-0.2, 0) is 4.79 Å². The second kappa shape index (κ2) is 5.96. The van der Waals surface area contributed by atoms with Crippen LogP contribution in [0.1, 0.15) is 25.5 Å². The molecule has 0 aliphatic heterocycles. The molecule has 0 aliphatic carbocycles. The number of halogens is 1. The summed E-state index contributed by atoms with van der Waals surface area (Å²) in [7, 11) is 3.68. The van der Waals surface area contributed by atoms with E-state index in [4.69, 9.17) is 0 Å². The van der Waals surface area contributed by atoms with Crippen LogP contribution in [0.4, 0.5) is 4.39 Å². The summed E-state index contributed by atoms with van der Waals surface area (Å²) in [6.07, 6.45) is 0. The van der Waals surface area contributed by atoms with Crippen LogP contribution in [-0.4, -0.2) is 30.1 Å². The molecule has 0 saturated carbocycles. The van der Waals surface area contributed by atoms with Crippen LogP contribution in [0.15, 0.2) is 24.3 Å². The quantitative estimate of drug-likeness (QED) is 0.877. The predicted molar refractivity (Wildman–Crippen MR) is 68.8 cm³/mol. The summed E-state index contributed by atoms with van der Waals surface area (Å²) in [5, 5.41) is 9.38. The van der Waals surface area contributed by atoms with Gasteiger partial charge in [-0.1, -0.05) is 26.0 Å². The van der Waals surface area contributed by atoms with Crippen LogP contribution in [0.25, 0.3) is 0 Å². The van der Waals surface area contributed by atoms with Crippen molar-refractivity contribution < 1.29 is 14.3 Å². The molecule has 0 bridgehead atoms. The van der Waals surface area contributed by atoms with E-state index in [2.05, 4.69) is 0 Å². The standard InChI is InChI=1S/C14H20FNO2/c1-9(2)12(14(17)18)13(16(3)4)10-5-7-11(15)8-6-10/h5-9,12-13H,1-4H3,(H,17,18). The van der Waals surface area contributed by atoms with E-state index in [1.165, 1.54) is 12.1 Å². The number of rotatable bonds is 5. The molecule has 1 aromatic carbocycles. The Kier molecular flexibility index (Phi) is 4.84. The highest BCUT2D eigenvalue weighted by molar-refractivity contribution is 5.71. The second-order valence-electron chi connectivity index (χ2n) is 5.07. The van der Waals surface area contributed by atoms with Crippen molar-refractivity contribution in [2.75, 3.05) is 14.1 Å². The lowest BCUT2D eigenvalue weighted by Gasteiger charge is -2.32. The van der Waals surface area contributed by atoms with Gasteiger partial charge in [0.15, 0.2) is 0 Å². The van der Waals surface area contributed by atoms with Gasteiger partial charge in [-0.05, 0) is 37.7 Å². The summed E-state index contributed by atoms with van der Waals surface area (Å²) in [6.45, 7) is 3.78. The van der Waals surface area contributed by atoms with E-state index in [-0.39, 0.29) is 17.8 Å². The van der Waals surface area contributed by atoms with Crippen molar-refractivity contribution in [1.29, 1.82) is 0 Å². The normalized spacial score (nSPS) is 14.8. The molecule has 0 aromatic heterocycles. The lowest BCUT2D eigenvalue weighted by molar-refractivity contribution is -0.146. The second-order valence-corrected chi connectivity index (χ2v) is 5.07. The lowest BCUT2D eigenvalue weighted by atomic mass is 9.84. The smallest absolute Gasteiger partial charge is 0.308 e. The summed E-state index contributed by atoms with van der Waals surface area (Å²) in [4.78, 5) is 13.3. The average molecular weight is 253 g/mol. The summed E-state index contributed by atoms with van der Waals surface area (Å²) in [6, 6.07) is 5.77. The maximum absolute atomic E-state index is 12.9. The molecule has 0 aliphatic rings. The minimum atomic E-state index is -0.826. The fourth-order valence-corrected chi connectivity index (χ4v) is 2.27. The number of hydrogen-bond donors (Lipinski definition) is 1. The molecule has 18 heavy (non-hydrogen) atoms. The molecule has 4 heteroatoms. The predicted octanol–water partition coefficient (Wildman–Crippen LogP) is 2.79. The Morgan fingerprint density at radius 3 is 2.06 bits per heavy atom. The van der Waals surface area contributed by atoms with Crippen LogP contribution in [0.5, 0.6) is 0 Å². The Bertz CT molecular complexity index is 401. The van der Waals surface area contributed by atoms with Crippen molar-refractivity contribution in [1.82, 2.24) is 4.90 Å². The van der Waals surface area contributed by atoms with Gasteiger partial charge in [0, 0.05) is 6.04 Å². The zero-order valence-electron chi connectivity index (χ0n) is 11.2. The molecular formula is C14H20FNO2. The molecule has 0 radical (unpaired) electrons. The van der Waals surface area contributed by atoms with E-state index in [1.807, 2.05) is 32.8 Å². The van der Waals surface area contributed by atoms with Crippen molar-refractivity contribution in [2.45, 2.75) is 19.9 Å². The molecule has 100 valence electrons. The average Bonchev–Trinajstić information content (AvgIpc) is 2.25. The molecule has 2 unspecified atom stereocenters. The van der Waals surface area contributed by atoms with Crippen molar-refractivity contribution in [3.63, 3.8) is 0 Å². The zero-order valence-corrected chi connectivity index (χ0v) is 11.2. The number of carboxylic acid groups (broad SMARTS) is 1. The Labute approximate surface area is 107 Å². The van der Waals surface area contributed by atoms with E-state index < -0.39 is 11.9 Å². The van der Waals surface area contributed by atoms with E-state index in [9.17, 15) is 14.3 Å². The first-order valence-corrected chi connectivity index (χ1v) is 5.99. The molecule has 0 amide bonds. The number of benzene rings is 1. The maximum atomic E-state index is 12.9. The van der Waals surface area contributed by atoms with Gasteiger partial charge in [0.25, 0.3) is 0 Å². The van der Waals surface area contributed by atoms with E-state index >= 15 is 0 Å². The van der Waals surface area contributed by atoms with E-state index in [1.54, 1.807) is 12.1 Å². The first-order valence-electron chi connectivity index (χ1n) is 5.99. The van der Waals surface area contributed by atoms with Gasteiger partial charge in [0.05, 0.1) is 5.92 Å². The summed E-state index contributed by atoms with van der Waals surface area (Å²) < 4.78 is 12.9. The fraction of sp³-hybridized carbons (Fsp3) is 0.500. The third-order valence-corrected chi connectivity index (χ3v) is 3.11. The SMILES string of the molecule is CC(C)C(C(=O)O)C(c1ccc(F)cc1)N(C)C. The number of nitrogens with zero attached hydrogens (tertiary/aromatic N) is 1. The molecule has 0 saturated heterocycles. The Hall–Kier alpha value is -1.42. The number of hydrogen-bond acceptors (Lipinski definition) is 2. The van der Waals surface area contributed by atoms with Crippen molar-refractivity contribution in [3.8, 4) is 0 Å². The Balaban J connectivity index is 3.16. The molecule has 1 N–H and O–H groups in total. The highest BCUT2D eigenvalue weighted by Gasteiger charge is 2.33. The zero-order chi connectivity index (χ0) is 13.9. The van der Waals surface area contributed by atoms with Crippen LogP contribution in [0.3, 0.4) is 0 Å². The molecule has 3 nitrogen and oxygen atoms in total. The number of carboxylic acids is 1. The van der Waals surface area contributed by atoms with Crippen molar-refractivity contribution >= 4 is 5.97 Å².